The Balaban J connectivity index is 1.60. The van der Waals surface area contributed by atoms with Crippen LogP contribution in [0.4, 0.5) is 0 Å². The minimum absolute atomic E-state index is 0.0374. The van der Waals surface area contributed by atoms with Gasteiger partial charge in [0.05, 0.1) is 13.5 Å². The number of carbonyl (C=O) groups excluding carboxylic acids is 2. The molecule has 1 saturated carbocycles. The lowest BCUT2D eigenvalue weighted by atomic mass is 9.94. The lowest BCUT2D eigenvalue weighted by Crippen LogP contribution is -2.48. The fourth-order valence-corrected chi connectivity index (χ4v) is 5.41. The summed E-state index contributed by atoms with van der Waals surface area (Å²) in [5, 5.41) is 7.26. The standard InChI is InChI=1S/C29H34N2O3S/c1-34-26-14-12-22(13-15-26)16-18-31(27(32)20-23-17-19-35-21-23)28(24-8-4-2-5-9-24)29(33)30-25-10-6-3-7-11-25/h2,4-5,8-9,12-15,17,19,21,25,28H,3,6-7,10-11,16,18,20H2,1H3,(H,30,33)/t28-/m1/s1. The number of methoxy groups -OCH3 is 1. The van der Waals surface area contributed by atoms with Crippen molar-refractivity contribution in [3.63, 3.8) is 0 Å². The molecule has 184 valence electrons. The summed E-state index contributed by atoms with van der Waals surface area (Å²) in [5.41, 5.74) is 2.92. The van der Waals surface area contributed by atoms with Crippen LogP contribution in [0.1, 0.15) is 54.8 Å². The quantitative estimate of drug-likeness (QED) is 0.405. The van der Waals surface area contributed by atoms with E-state index in [0.717, 1.165) is 48.1 Å². The number of nitrogens with zero attached hydrogens (tertiary/aromatic N) is 1. The van der Waals surface area contributed by atoms with E-state index in [1.54, 1.807) is 23.3 Å². The molecule has 1 atom stereocenters. The lowest BCUT2D eigenvalue weighted by Gasteiger charge is -2.33. The number of benzene rings is 2. The Hall–Kier alpha value is -3.12. The number of carbonyl (C=O) groups is 2. The predicted octanol–water partition coefficient (Wildman–Crippen LogP) is 5.56. The van der Waals surface area contributed by atoms with E-state index in [0.29, 0.717) is 13.0 Å². The molecule has 35 heavy (non-hydrogen) atoms. The topological polar surface area (TPSA) is 58.6 Å². The fraction of sp³-hybridized carbons (Fsp3) is 0.379. The monoisotopic (exact) mass is 490 g/mol. The van der Waals surface area contributed by atoms with Gasteiger partial charge in [-0.25, -0.2) is 0 Å². The van der Waals surface area contributed by atoms with Crippen molar-refractivity contribution in [2.45, 2.75) is 57.0 Å². The van der Waals surface area contributed by atoms with Crippen molar-refractivity contribution >= 4 is 23.2 Å². The number of amides is 2. The first-order chi connectivity index (χ1) is 17.1. The summed E-state index contributed by atoms with van der Waals surface area (Å²) in [6.45, 7) is 0.451. The van der Waals surface area contributed by atoms with Gasteiger partial charge in [0.15, 0.2) is 0 Å². The summed E-state index contributed by atoms with van der Waals surface area (Å²) in [4.78, 5) is 29.2. The average Bonchev–Trinajstić information content (AvgIpc) is 3.41. The van der Waals surface area contributed by atoms with Gasteiger partial charge in [0.25, 0.3) is 0 Å². The second-order valence-corrected chi connectivity index (χ2v) is 9.93. The molecule has 1 aliphatic carbocycles. The summed E-state index contributed by atoms with van der Waals surface area (Å²) in [6.07, 6.45) is 6.44. The molecule has 0 spiro atoms. The van der Waals surface area contributed by atoms with E-state index < -0.39 is 6.04 Å². The van der Waals surface area contributed by atoms with E-state index in [1.807, 2.05) is 71.4 Å². The second kappa shape index (κ2) is 12.5. The molecule has 0 unspecified atom stereocenters. The third kappa shape index (κ3) is 6.95. The first-order valence-electron chi connectivity index (χ1n) is 12.4. The van der Waals surface area contributed by atoms with E-state index in [2.05, 4.69) is 5.32 Å². The number of hydrogen-bond donors (Lipinski definition) is 1. The molecule has 3 aromatic rings. The maximum atomic E-state index is 13.7. The highest BCUT2D eigenvalue weighted by molar-refractivity contribution is 7.08. The van der Waals surface area contributed by atoms with Crippen LogP contribution in [-0.4, -0.2) is 36.4 Å². The highest BCUT2D eigenvalue weighted by Crippen LogP contribution is 2.26. The van der Waals surface area contributed by atoms with Crippen LogP contribution >= 0.6 is 11.3 Å². The van der Waals surface area contributed by atoms with Crippen molar-refractivity contribution in [2.75, 3.05) is 13.7 Å². The van der Waals surface area contributed by atoms with Gasteiger partial charge in [-0.2, -0.15) is 11.3 Å². The summed E-state index contributed by atoms with van der Waals surface area (Å²) < 4.78 is 5.27. The summed E-state index contributed by atoms with van der Waals surface area (Å²) in [6, 6.07) is 19.1. The van der Waals surface area contributed by atoms with Gasteiger partial charge in [0.2, 0.25) is 11.8 Å². The Morgan fingerprint density at radius 1 is 1.00 bits per heavy atom. The molecule has 1 fully saturated rings. The molecule has 0 radical (unpaired) electrons. The van der Waals surface area contributed by atoms with Crippen LogP contribution in [0.2, 0.25) is 0 Å². The first kappa shape index (κ1) is 25.0. The maximum Gasteiger partial charge on any atom is 0.247 e. The van der Waals surface area contributed by atoms with Crippen molar-refractivity contribution in [2.24, 2.45) is 0 Å². The Morgan fingerprint density at radius 3 is 2.40 bits per heavy atom. The van der Waals surface area contributed by atoms with Gasteiger partial charge >= 0.3 is 0 Å². The Bertz CT molecular complexity index is 1060. The third-order valence-corrected chi connectivity index (χ3v) is 7.42. The number of rotatable bonds is 10. The van der Waals surface area contributed by atoms with Gasteiger partial charge in [-0.3, -0.25) is 9.59 Å². The van der Waals surface area contributed by atoms with Gasteiger partial charge in [-0.1, -0.05) is 61.7 Å². The molecule has 2 aromatic carbocycles. The average molecular weight is 491 g/mol. The molecule has 1 aliphatic rings. The Morgan fingerprint density at radius 2 is 1.74 bits per heavy atom. The van der Waals surface area contributed by atoms with E-state index in [9.17, 15) is 9.59 Å². The molecular weight excluding hydrogens is 456 g/mol. The molecule has 6 heteroatoms. The molecule has 1 aromatic heterocycles. The minimum atomic E-state index is -0.664. The van der Waals surface area contributed by atoms with E-state index in [4.69, 9.17) is 4.74 Å². The molecule has 0 aliphatic heterocycles. The summed E-state index contributed by atoms with van der Waals surface area (Å²) >= 11 is 1.58. The largest absolute Gasteiger partial charge is 0.497 e. The zero-order valence-corrected chi connectivity index (χ0v) is 21.1. The Labute approximate surface area is 212 Å². The third-order valence-electron chi connectivity index (χ3n) is 6.68. The highest BCUT2D eigenvalue weighted by Gasteiger charge is 2.32. The first-order valence-corrected chi connectivity index (χ1v) is 13.4. The molecule has 2 amide bonds. The minimum Gasteiger partial charge on any atom is -0.497 e. The number of thiophene rings is 1. The van der Waals surface area contributed by atoms with Gasteiger partial charge < -0.3 is 15.0 Å². The smallest absolute Gasteiger partial charge is 0.247 e. The molecular formula is C29H34N2O3S. The van der Waals surface area contributed by atoms with E-state index >= 15 is 0 Å². The summed E-state index contributed by atoms with van der Waals surface area (Å²) in [5.74, 6) is 0.675. The zero-order chi connectivity index (χ0) is 24.5. The molecule has 0 bridgehead atoms. The molecule has 4 rings (SSSR count). The van der Waals surface area contributed by atoms with Crippen molar-refractivity contribution in [3.05, 3.63) is 88.1 Å². The van der Waals surface area contributed by atoms with Crippen LogP contribution in [-0.2, 0) is 22.4 Å². The van der Waals surface area contributed by atoms with Crippen LogP contribution in [0.25, 0.3) is 0 Å². The zero-order valence-electron chi connectivity index (χ0n) is 20.3. The number of ether oxygens (including phenoxy) is 1. The normalized spacial score (nSPS) is 14.8. The van der Waals surface area contributed by atoms with Crippen molar-refractivity contribution < 1.29 is 14.3 Å². The van der Waals surface area contributed by atoms with E-state index in [1.165, 1.54) is 6.42 Å². The van der Waals surface area contributed by atoms with Crippen molar-refractivity contribution in [3.8, 4) is 5.75 Å². The van der Waals surface area contributed by atoms with E-state index in [-0.39, 0.29) is 24.3 Å². The molecule has 0 saturated heterocycles. The predicted molar refractivity (Wildman–Crippen MR) is 141 cm³/mol. The van der Waals surface area contributed by atoms with Crippen molar-refractivity contribution in [1.29, 1.82) is 0 Å². The second-order valence-electron chi connectivity index (χ2n) is 9.15. The fourth-order valence-electron chi connectivity index (χ4n) is 4.74. The summed E-state index contributed by atoms with van der Waals surface area (Å²) in [7, 11) is 1.65. The molecule has 1 N–H and O–H groups in total. The number of nitrogens with one attached hydrogen (secondary N) is 1. The van der Waals surface area contributed by atoms with Crippen LogP contribution in [0.3, 0.4) is 0 Å². The van der Waals surface area contributed by atoms with Crippen LogP contribution in [0.15, 0.2) is 71.4 Å². The van der Waals surface area contributed by atoms with Gasteiger partial charge in [0, 0.05) is 12.6 Å². The molecule has 1 heterocycles. The van der Waals surface area contributed by atoms with Gasteiger partial charge in [0.1, 0.15) is 11.8 Å². The van der Waals surface area contributed by atoms with Crippen LogP contribution in [0, 0.1) is 0 Å². The maximum absolute atomic E-state index is 13.7. The Kier molecular flexibility index (Phi) is 8.96. The molecule has 5 nitrogen and oxygen atoms in total. The SMILES string of the molecule is COc1ccc(CCN(C(=O)Cc2ccsc2)[C@@H](C(=O)NC2CCCCC2)c2ccccc2)cc1. The number of hydrogen-bond acceptors (Lipinski definition) is 4. The highest BCUT2D eigenvalue weighted by atomic mass is 32.1. The van der Waals surface area contributed by atoms with Crippen LogP contribution in [0.5, 0.6) is 5.75 Å². The van der Waals surface area contributed by atoms with Gasteiger partial charge in [-0.15, -0.1) is 0 Å². The van der Waals surface area contributed by atoms with Crippen molar-refractivity contribution in [1.82, 2.24) is 10.2 Å². The van der Waals surface area contributed by atoms with Crippen LogP contribution < -0.4 is 10.1 Å². The lowest BCUT2D eigenvalue weighted by molar-refractivity contribution is -0.140. The van der Waals surface area contributed by atoms with Gasteiger partial charge in [-0.05, 0) is 64.9 Å².